The monoisotopic (exact) mass is 207 g/mol. The molecule has 2 nitrogen and oxygen atoms in total. The van der Waals surface area contributed by atoms with Crippen LogP contribution in [0, 0.1) is 34.5 Å². The Morgan fingerprint density at radius 2 is 2.13 bits per heavy atom. The summed E-state index contributed by atoms with van der Waals surface area (Å²) in [5, 5.41) is 20.2. The average Bonchev–Trinajstić information content (AvgIpc) is 2.76. The Balaban J connectivity index is 2.36. The number of nitriles is 1. The van der Waals surface area contributed by atoms with Gasteiger partial charge in [0.25, 0.3) is 0 Å². The fourth-order valence-corrected chi connectivity index (χ4v) is 3.72. The summed E-state index contributed by atoms with van der Waals surface area (Å²) >= 11 is 0. The number of nitrogens with zero attached hydrogens (tertiary/aromatic N) is 1. The summed E-state index contributed by atoms with van der Waals surface area (Å²) in [5.74, 6) is 1.28. The third-order valence-corrected chi connectivity index (χ3v) is 5.08. The van der Waals surface area contributed by atoms with Gasteiger partial charge in [0.05, 0.1) is 17.1 Å². The molecule has 4 unspecified atom stereocenters. The Hall–Kier alpha value is -0.550. The highest BCUT2D eigenvalue weighted by Crippen LogP contribution is 2.61. The van der Waals surface area contributed by atoms with E-state index in [2.05, 4.69) is 6.07 Å². The first-order chi connectivity index (χ1) is 6.94. The highest BCUT2D eigenvalue weighted by Gasteiger charge is 2.61. The molecule has 2 saturated carbocycles. The molecule has 0 spiro atoms. The molecule has 0 aliphatic heterocycles. The van der Waals surface area contributed by atoms with Crippen LogP contribution in [0.2, 0.25) is 0 Å². The number of hydrogen-bond acceptors (Lipinski definition) is 2. The largest absolute Gasteiger partial charge is 0.388 e. The van der Waals surface area contributed by atoms with Crippen molar-refractivity contribution < 1.29 is 5.11 Å². The number of aliphatic hydroxyl groups is 1. The van der Waals surface area contributed by atoms with Gasteiger partial charge in [-0.2, -0.15) is 5.26 Å². The second-order valence-electron chi connectivity index (χ2n) is 5.97. The van der Waals surface area contributed by atoms with Gasteiger partial charge in [-0.05, 0) is 43.9 Å². The molecule has 15 heavy (non-hydrogen) atoms. The minimum atomic E-state index is -0.832. The zero-order valence-corrected chi connectivity index (χ0v) is 9.95. The van der Waals surface area contributed by atoms with Crippen molar-refractivity contribution in [1.82, 2.24) is 0 Å². The molecule has 0 amide bonds. The molecule has 2 rings (SSSR count). The molecule has 1 N–H and O–H groups in total. The third-order valence-electron chi connectivity index (χ3n) is 5.08. The van der Waals surface area contributed by atoms with Crippen molar-refractivity contribution in [2.45, 2.75) is 52.1 Å². The summed E-state index contributed by atoms with van der Waals surface area (Å²) in [4.78, 5) is 0. The molecule has 2 fully saturated rings. The summed E-state index contributed by atoms with van der Waals surface area (Å²) in [6, 6.07) is 2.48. The molecule has 2 bridgehead atoms. The van der Waals surface area contributed by atoms with Crippen LogP contribution < -0.4 is 0 Å². The second-order valence-corrected chi connectivity index (χ2v) is 5.97. The van der Waals surface area contributed by atoms with E-state index in [9.17, 15) is 10.4 Å². The Morgan fingerprint density at radius 1 is 1.47 bits per heavy atom. The fourth-order valence-electron chi connectivity index (χ4n) is 3.72. The lowest BCUT2D eigenvalue weighted by Crippen LogP contribution is -2.52. The Morgan fingerprint density at radius 3 is 2.47 bits per heavy atom. The smallest absolute Gasteiger partial charge is 0.0890 e. The molecule has 0 aromatic carbocycles. The van der Waals surface area contributed by atoms with Crippen LogP contribution in [0.1, 0.15) is 46.5 Å². The van der Waals surface area contributed by atoms with E-state index in [0.717, 1.165) is 19.3 Å². The van der Waals surface area contributed by atoms with Crippen molar-refractivity contribution in [2.75, 3.05) is 0 Å². The first kappa shape index (κ1) is 11.0. The normalized spacial score (nSPS) is 42.9. The van der Waals surface area contributed by atoms with Gasteiger partial charge in [0.15, 0.2) is 0 Å². The van der Waals surface area contributed by atoms with Gasteiger partial charge in [-0.1, -0.05) is 20.3 Å². The quantitative estimate of drug-likeness (QED) is 0.756. The van der Waals surface area contributed by atoms with E-state index < -0.39 is 11.0 Å². The predicted octanol–water partition coefficient (Wildman–Crippen LogP) is 2.72. The van der Waals surface area contributed by atoms with Crippen molar-refractivity contribution >= 4 is 0 Å². The van der Waals surface area contributed by atoms with Crippen molar-refractivity contribution in [3.05, 3.63) is 0 Å². The molecular formula is C13H21NO. The zero-order chi connectivity index (χ0) is 11.3. The van der Waals surface area contributed by atoms with E-state index in [1.165, 1.54) is 6.42 Å². The molecule has 0 radical (unpaired) electrons. The molecule has 0 heterocycles. The van der Waals surface area contributed by atoms with E-state index in [4.69, 9.17) is 0 Å². The van der Waals surface area contributed by atoms with Gasteiger partial charge in [-0.25, -0.2) is 0 Å². The van der Waals surface area contributed by atoms with Crippen molar-refractivity contribution in [3.8, 4) is 6.07 Å². The predicted molar refractivity (Wildman–Crippen MR) is 59.0 cm³/mol. The SMILES string of the molecule is CC(C)C(C)(O)C1(C#N)CC2CCC1C2. The third kappa shape index (κ3) is 1.26. The van der Waals surface area contributed by atoms with E-state index in [1.54, 1.807) is 0 Å². The van der Waals surface area contributed by atoms with Gasteiger partial charge < -0.3 is 5.11 Å². The van der Waals surface area contributed by atoms with Gasteiger partial charge in [-0.15, -0.1) is 0 Å². The lowest BCUT2D eigenvalue weighted by atomic mass is 9.60. The fraction of sp³-hybridized carbons (Fsp3) is 0.923. The number of hydrogen-bond donors (Lipinski definition) is 1. The maximum atomic E-state index is 10.6. The number of rotatable bonds is 2. The van der Waals surface area contributed by atoms with E-state index in [1.807, 2.05) is 20.8 Å². The average molecular weight is 207 g/mol. The van der Waals surface area contributed by atoms with Gasteiger partial charge >= 0.3 is 0 Å². The van der Waals surface area contributed by atoms with Crippen LogP contribution in [0.4, 0.5) is 0 Å². The second kappa shape index (κ2) is 3.22. The summed E-state index contributed by atoms with van der Waals surface area (Å²) in [6.07, 6.45) is 4.49. The van der Waals surface area contributed by atoms with E-state index >= 15 is 0 Å². The summed E-state index contributed by atoms with van der Waals surface area (Å²) in [5.41, 5.74) is -1.30. The van der Waals surface area contributed by atoms with Gasteiger partial charge in [-0.3, -0.25) is 0 Å². The molecule has 2 aliphatic rings. The number of fused-ring (bicyclic) bond motifs is 2. The zero-order valence-electron chi connectivity index (χ0n) is 9.95. The van der Waals surface area contributed by atoms with Crippen molar-refractivity contribution in [1.29, 1.82) is 5.26 Å². The molecule has 0 aromatic heterocycles. The van der Waals surface area contributed by atoms with Crippen LogP contribution in [0.25, 0.3) is 0 Å². The molecule has 2 heteroatoms. The van der Waals surface area contributed by atoms with Crippen LogP contribution in [0.3, 0.4) is 0 Å². The summed E-state index contributed by atoms with van der Waals surface area (Å²) in [6.45, 7) is 5.90. The van der Waals surface area contributed by atoms with Crippen molar-refractivity contribution in [2.24, 2.45) is 23.2 Å². The highest BCUT2D eigenvalue weighted by atomic mass is 16.3. The van der Waals surface area contributed by atoms with Crippen LogP contribution in [-0.4, -0.2) is 10.7 Å². The molecule has 84 valence electrons. The van der Waals surface area contributed by atoms with E-state index in [-0.39, 0.29) is 5.92 Å². The van der Waals surface area contributed by atoms with Gasteiger partial charge in [0.2, 0.25) is 0 Å². The Labute approximate surface area is 92.3 Å². The first-order valence-corrected chi connectivity index (χ1v) is 6.07. The van der Waals surface area contributed by atoms with Crippen molar-refractivity contribution in [3.63, 3.8) is 0 Å². The lowest BCUT2D eigenvalue weighted by Gasteiger charge is -2.45. The first-order valence-electron chi connectivity index (χ1n) is 6.07. The summed E-state index contributed by atoms with van der Waals surface area (Å²) < 4.78 is 0. The topological polar surface area (TPSA) is 44.0 Å². The Bertz CT molecular complexity index is 302. The maximum Gasteiger partial charge on any atom is 0.0890 e. The van der Waals surface area contributed by atoms with Gasteiger partial charge in [0.1, 0.15) is 0 Å². The Kier molecular flexibility index (Phi) is 2.35. The minimum absolute atomic E-state index is 0.150. The highest BCUT2D eigenvalue weighted by molar-refractivity contribution is 5.19. The molecular weight excluding hydrogens is 186 g/mol. The van der Waals surface area contributed by atoms with Gasteiger partial charge in [0, 0.05) is 0 Å². The summed E-state index contributed by atoms with van der Waals surface area (Å²) in [7, 11) is 0. The van der Waals surface area contributed by atoms with Crippen LogP contribution in [-0.2, 0) is 0 Å². The molecule has 0 aromatic rings. The molecule has 0 saturated heterocycles. The van der Waals surface area contributed by atoms with E-state index in [0.29, 0.717) is 11.8 Å². The van der Waals surface area contributed by atoms with Crippen LogP contribution >= 0.6 is 0 Å². The minimum Gasteiger partial charge on any atom is -0.388 e. The lowest BCUT2D eigenvalue weighted by molar-refractivity contribution is -0.100. The van der Waals surface area contributed by atoms with Crippen LogP contribution in [0.5, 0.6) is 0 Å². The standard InChI is InChI=1S/C13H21NO/c1-9(2)12(3,15)13(8-14)7-10-4-5-11(13)6-10/h9-11,15H,4-7H2,1-3H3. The molecule has 2 aliphatic carbocycles. The molecule has 4 atom stereocenters. The van der Waals surface area contributed by atoms with Crippen LogP contribution in [0.15, 0.2) is 0 Å². The maximum absolute atomic E-state index is 10.6.